The smallest absolute Gasteiger partial charge is 0.312 e. The maximum absolute atomic E-state index is 11.4. The fraction of sp³-hybridized carbons (Fsp3) is 0.800. The number of hydrogen-bond donors (Lipinski definition) is 3. The molecule has 0 bridgehead atoms. The summed E-state index contributed by atoms with van der Waals surface area (Å²) < 4.78 is 1.21. The Hall–Kier alpha value is -1.30. The number of aromatic amines is 2. The van der Waals surface area contributed by atoms with Crippen LogP contribution in [0, 0.1) is 5.41 Å². The van der Waals surface area contributed by atoms with Gasteiger partial charge in [0, 0.05) is 12.6 Å². The van der Waals surface area contributed by atoms with Crippen LogP contribution in [0.4, 0.5) is 0 Å². The minimum atomic E-state index is -0.367. The third kappa shape index (κ3) is 1.97. The van der Waals surface area contributed by atoms with Crippen molar-refractivity contribution in [3.63, 3.8) is 0 Å². The van der Waals surface area contributed by atoms with Crippen molar-refractivity contribution in [2.45, 2.75) is 39.3 Å². The first kappa shape index (κ1) is 11.2. The van der Waals surface area contributed by atoms with E-state index in [1.807, 2.05) is 0 Å². The third-order valence-electron chi connectivity index (χ3n) is 3.46. The van der Waals surface area contributed by atoms with Crippen LogP contribution in [0.1, 0.15) is 26.7 Å². The predicted molar refractivity (Wildman–Crippen MR) is 60.5 cm³/mol. The highest BCUT2D eigenvalue weighted by Gasteiger charge is 2.32. The lowest BCUT2D eigenvalue weighted by molar-refractivity contribution is 0.161. The highest BCUT2D eigenvalue weighted by Crippen LogP contribution is 2.30. The van der Waals surface area contributed by atoms with Crippen LogP contribution in [0.5, 0.6) is 0 Å². The largest absolute Gasteiger partial charge is 0.344 e. The highest BCUT2D eigenvalue weighted by molar-refractivity contribution is 4.88. The van der Waals surface area contributed by atoms with E-state index in [9.17, 15) is 9.59 Å². The van der Waals surface area contributed by atoms with E-state index in [4.69, 9.17) is 0 Å². The number of nitrogens with one attached hydrogen (secondary N) is 3. The van der Waals surface area contributed by atoms with Gasteiger partial charge in [-0.2, -0.15) is 0 Å². The summed E-state index contributed by atoms with van der Waals surface area (Å²) in [6, 6.07) is 0.163. The van der Waals surface area contributed by atoms with Gasteiger partial charge in [-0.25, -0.2) is 24.4 Å². The van der Waals surface area contributed by atoms with E-state index in [-0.39, 0.29) is 22.8 Å². The summed E-state index contributed by atoms with van der Waals surface area (Å²) in [7, 11) is 0. The Morgan fingerprint density at radius 3 is 2.50 bits per heavy atom. The summed E-state index contributed by atoms with van der Waals surface area (Å²) in [5.74, 6) is 0. The normalized spacial score (nSPS) is 24.5. The molecule has 1 unspecified atom stereocenters. The van der Waals surface area contributed by atoms with Gasteiger partial charge in [0.1, 0.15) is 0 Å². The molecule has 1 aromatic heterocycles. The Morgan fingerprint density at radius 2 is 1.94 bits per heavy atom. The van der Waals surface area contributed by atoms with Crippen molar-refractivity contribution in [2.24, 2.45) is 5.41 Å². The first-order chi connectivity index (χ1) is 7.50. The maximum Gasteiger partial charge on any atom is 0.344 e. The summed E-state index contributed by atoms with van der Waals surface area (Å²) in [6.07, 6.45) is 2.25. The zero-order valence-corrected chi connectivity index (χ0v) is 9.67. The van der Waals surface area contributed by atoms with Crippen LogP contribution >= 0.6 is 0 Å². The van der Waals surface area contributed by atoms with Crippen LogP contribution in [0.15, 0.2) is 9.59 Å². The van der Waals surface area contributed by atoms with Crippen LogP contribution < -0.4 is 16.7 Å². The first-order valence-electron chi connectivity index (χ1n) is 5.61. The summed E-state index contributed by atoms with van der Waals surface area (Å²) in [5.41, 5.74) is -0.622. The van der Waals surface area contributed by atoms with Crippen molar-refractivity contribution < 1.29 is 0 Å². The molecule has 1 atom stereocenters. The van der Waals surface area contributed by atoms with Gasteiger partial charge < -0.3 is 5.32 Å². The Morgan fingerprint density at radius 1 is 1.31 bits per heavy atom. The number of nitrogens with zero attached hydrogens (tertiary/aromatic N) is 1. The Balaban J connectivity index is 2.21. The molecule has 1 saturated heterocycles. The number of H-pyrrole nitrogens is 2. The second-order valence-electron chi connectivity index (χ2n) is 5.07. The molecule has 2 heterocycles. The van der Waals surface area contributed by atoms with Gasteiger partial charge in [0.15, 0.2) is 0 Å². The summed E-state index contributed by atoms with van der Waals surface area (Å²) in [5, 5.41) is 7.97. The van der Waals surface area contributed by atoms with Crippen molar-refractivity contribution in [1.29, 1.82) is 0 Å². The zero-order chi connectivity index (χ0) is 11.8. The van der Waals surface area contributed by atoms with Crippen LogP contribution in [-0.4, -0.2) is 27.4 Å². The van der Waals surface area contributed by atoms with E-state index in [0.29, 0.717) is 6.54 Å². The van der Waals surface area contributed by atoms with Crippen molar-refractivity contribution in [3.8, 4) is 0 Å². The lowest BCUT2D eigenvalue weighted by Gasteiger charge is -2.39. The van der Waals surface area contributed by atoms with Gasteiger partial charge in [0.05, 0.1) is 0 Å². The molecule has 0 spiro atoms. The molecule has 1 aliphatic rings. The Bertz CT molecular complexity index is 440. The maximum atomic E-state index is 11.4. The van der Waals surface area contributed by atoms with Crippen molar-refractivity contribution >= 4 is 0 Å². The SMILES string of the molecule is CC1(C)CCCNC1Cn1c(=O)[nH][nH]c1=O. The number of aromatic nitrogens is 3. The molecule has 0 aromatic carbocycles. The summed E-state index contributed by atoms with van der Waals surface area (Å²) in [6.45, 7) is 5.70. The second-order valence-corrected chi connectivity index (χ2v) is 5.07. The highest BCUT2D eigenvalue weighted by atomic mass is 16.2. The average molecular weight is 226 g/mol. The van der Waals surface area contributed by atoms with Crippen LogP contribution in [0.3, 0.4) is 0 Å². The fourth-order valence-electron chi connectivity index (χ4n) is 2.27. The molecular formula is C10H18N4O2. The number of rotatable bonds is 2. The molecule has 16 heavy (non-hydrogen) atoms. The standard InChI is InChI=1S/C10H18N4O2/c1-10(2)4-3-5-11-7(10)6-14-8(15)12-13-9(14)16/h7,11H,3-6H2,1-2H3,(H,12,15)(H,13,16). The molecule has 1 aromatic rings. The lowest BCUT2D eigenvalue weighted by Crippen LogP contribution is -2.51. The number of hydrogen-bond acceptors (Lipinski definition) is 3. The second kappa shape index (κ2) is 3.93. The molecule has 2 rings (SSSR count). The molecule has 1 fully saturated rings. The van der Waals surface area contributed by atoms with Gasteiger partial charge in [0.2, 0.25) is 0 Å². The number of piperidine rings is 1. The molecule has 0 saturated carbocycles. The van der Waals surface area contributed by atoms with Crippen molar-refractivity contribution in [3.05, 3.63) is 21.0 Å². The Labute approximate surface area is 93.0 Å². The molecule has 0 radical (unpaired) electrons. The minimum Gasteiger partial charge on any atom is -0.312 e. The van der Waals surface area contributed by atoms with Crippen LogP contribution in [-0.2, 0) is 6.54 Å². The van der Waals surface area contributed by atoms with Crippen LogP contribution in [0.25, 0.3) is 0 Å². The molecular weight excluding hydrogens is 208 g/mol. The fourth-order valence-corrected chi connectivity index (χ4v) is 2.27. The van der Waals surface area contributed by atoms with E-state index in [1.54, 1.807) is 0 Å². The van der Waals surface area contributed by atoms with Gasteiger partial charge >= 0.3 is 11.4 Å². The molecule has 6 heteroatoms. The third-order valence-corrected chi connectivity index (χ3v) is 3.46. The van der Waals surface area contributed by atoms with E-state index in [1.165, 1.54) is 4.57 Å². The van der Waals surface area contributed by atoms with Crippen LogP contribution in [0.2, 0.25) is 0 Å². The molecule has 3 N–H and O–H groups in total. The van der Waals surface area contributed by atoms with E-state index >= 15 is 0 Å². The molecule has 0 aliphatic carbocycles. The minimum absolute atomic E-state index is 0.112. The molecule has 6 nitrogen and oxygen atoms in total. The van der Waals surface area contributed by atoms with Gasteiger partial charge in [0.25, 0.3) is 0 Å². The van der Waals surface area contributed by atoms with Gasteiger partial charge in [-0.05, 0) is 24.8 Å². The lowest BCUT2D eigenvalue weighted by atomic mass is 9.77. The van der Waals surface area contributed by atoms with Crippen molar-refractivity contribution in [1.82, 2.24) is 20.1 Å². The van der Waals surface area contributed by atoms with E-state index in [2.05, 4.69) is 29.4 Å². The van der Waals surface area contributed by atoms with Crippen molar-refractivity contribution in [2.75, 3.05) is 6.54 Å². The van der Waals surface area contributed by atoms with E-state index < -0.39 is 0 Å². The zero-order valence-electron chi connectivity index (χ0n) is 9.67. The Kier molecular flexibility index (Phi) is 2.75. The topological polar surface area (TPSA) is 82.7 Å². The quantitative estimate of drug-likeness (QED) is 0.644. The van der Waals surface area contributed by atoms with E-state index in [0.717, 1.165) is 19.4 Å². The summed E-state index contributed by atoms with van der Waals surface area (Å²) in [4.78, 5) is 22.7. The predicted octanol–water partition coefficient (Wildman–Crippen LogP) is -0.357. The molecule has 90 valence electrons. The van der Waals surface area contributed by atoms with Gasteiger partial charge in [-0.3, -0.25) is 0 Å². The molecule has 0 amide bonds. The summed E-state index contributed by atoms with van der Waals surface area (Å²) >= 11 is 0. The first-order valence-corrected chi connectivity index (χ1v) is 5.61. The average Bonchev–Trinajstić information content (AvgIpc) is 2.52. The molecule has 1 aliphatic heterocycles. The van der Waals surface area contributed by atoms with Gasteiger partial charge in [-0.1, -0.05) is 13.8 Å². The monoisotopic (exact) mass is 226 g/mol. The van der Waals surface area contributed by atoms with Gasteiger partial charge in [-0.15, -0.1) is 0 Å².